The second-order valence-corrected chi connectivity index (χ2v) is 6.04. The molecule has 2 nitrogen and oxygen atoms in total. The summed E-state index contributed by atoms with van der Waals surface area (Å²) in [5.74, 6) is 1.53. The van der Waals surface area contributed by atoms with Crippen molar-refractivity contribution in [2.75, 3.05) is 0 Å². The highest BCUT2D eigenvalue weighted by molar-refractivity contribution is 5.91. The molecule has 88 valence electrons. The molecule has 2 saturated carbocycles. The molecule has 0 aromatic rings. The van der Waals surface area contributed by atoms with Gasteiger partial charge in [0.2, 0.25) is 0 Å². The minimum Gasteiger partial charge on any atom is -0.393 e. The summed E-state index contributed by atoms with van der Waals surface area (Å²) in [6, 6.07) is 0. The number of aliphatic hydroxyl groups excluding tert-OH is 1. The Kier molecular flexibility index (Phi) is 2.25. The molecular formula is C14H20O2. The van der Waals surface area contributed by atoms with Crippen LogP contribution in [-0.2, 0) is 4.79 Å². The number of carbonyl (C=O) groups excluding carboxylic acids is 1. The molecule has 0 heterocycles. The zero-order valence-electron chi connectivity index (χ0n) is 9.91. The Bertz CT molecular complexity index is 358. The third-order valence-corrected chi connectivity index (χ3v) is 5.32. The van der Waals surface area contributed by atoms with E-state index in [9.17, 15) is 9.90 Å². The summed E-state index contributed by atoms with van der Waals surface area (Å²) in [6.45, 7) is 2.25. The Labute approximate surface area is 96.7 Å². The van der Waals surface area contributed by atoms with E-state index in [1.165, 1.54) is 5.57 Å². The Hall–Kier alpha value is -0.630. The van der Waals surface area contributed by atoms with Crippen molar-refractivity contribution in [3.05, 3.63) is 11.6 Å². The molecule has 0 radical (unpaired) electrons. The van der Waals surface area contributed by atoms with E-state index in [-0.39, 0.29) is 11.5 Å². The van der Waals surface area contributed by atoms with Gasteiger partial charge in [-0.1, -0.05) is 12.5 Å². The summed E-state index contributed by atoms with van der Waals surface area (Å²) < 4.78 is 0. The molecule has 0 aromatic heterocycles. The zero-order chi connectivity index (χ0) is 11.3. The summed E-state index contributed by atoms with van der Waals surface area (Å²) in [6.07, 6.45) is 7.73. The topological polar surface area (TPSA) is 37.3 Å². The van der Waals surface area contributed by atoms with Crippen LogP contribution in [0, 0.1) is 17.3 Å². The van der Waals surface area contributed by atoms with Crippen molar-refractivity contribution in [1.29, 1.82) is 0 Å². The largest absolute Gasteiger partial charge is 0.393 e. The second kappa shape index (κ2) is 3.43. The van der Waals surface area contributed by atoms with Gasteiger partial charge in [-0.3, -0.25) is 4.79 Å². The highest BCUT2D eigenvalue weighted by Gasteiger charge is 2.52. The normalized spacial score (nSPS) is 47.2. The van der Waals surface area contributed by atoms with Gasteiger partial charge < -0.3 is 5.11 Å². The molecule has 3 aliphatic rings. The molecule has 0 unspecified atom stereocenters. The fraction of sp³-hybridized carbons (Fsp3) is 0.786. The van der Waals surface area contributed by atoms with Crippen molar-refractivity contribution in [3.63, 3.8) is 0 Å². The number of fused-ring (bicyclic) bond motifs is 3. The average molecular weight is 220 g/mol. The van der Waals surface area contributed by atoms with Crippen LogP contribution in [0.2, 0.25) is 0 Å². The van der Waals surface area contributed by atoms with Crippen molar-refractivity contribution in [3.8, 4) is 0 Å². The highest BCUT2D eigenvalue weighted by Crippen LogP contribution is 2.57. The third-order valence-electron chi connectivity index (χ3n) is 5.32. The summed E-state index contributed by atoms with van der Waals surface area (Å²) in [5, 5.41) is 10.1. The van der Waals surface area contributed by atoms with Crippen molar-refractivity contribution < 1.29 is 9.90 Å². The van der Waals surface area contributed by atoms with E-state index in [0.717, 1.165) is 38.5 Å². The summed E-state index contributed by atoms with van der Waals surface area (Å²) in [5.41, 5.74) is 1.51. The van der Waals surface area contributed by atoms with Crippen LogP contribution in [0.3, 0.4) is 0 Å². The molecule has 0 aromatic carbocycles. The molecule has 0 amide bonds. The lowest BCUT2D eigenvalue weighted by Crippen LogP contribution is -2.41. The summed E-state index contributed by atoms with van der Waals surface area (Å²) >= 11 is 0. The monoisotopic (exact) mass is 220 g/mol. The Balaban J connectivity index is 1.93. The number of carbonyl (C=O) groups is 1. The lowest BCUT2D eigenvalue weighted by atomic mass is 9.59. The standard InChI is InChI=1S/C14H20O2/c1-14-7-6-9-8-10(15)2-3-11(9)12(14)4-5-13(14)16/h8,11-13,16H,2-7H2,1H3/t11-,12-,13-,14+/m0/s1. The number of hydrogen-bond acceptors (Lipinski definition) is 2. The maximum absolute atomic E-state index is 11.4. The fourth-order valence-electron chi connectivity index (χ4n) is 4.26. The van der Waals surface area contributed by atoms with Gasteiger partial charge in [-0.15, -0.1) is 0 Å². The smallest absolute Gasteiger partial charge is 0.155 e. The van der Waals surface area contributed by atoms with Crippen LogP contribution in [0.25, 0.3) is 0 Å². The third kappa shape index (κ3) is 1.32. The quantitative estimate of drug-likeness (QED) is 0.681. The minimum atomic E-state index is -0.114. The van der Waals surface area contributed by atoms with Crippen molar-refractivity contribution in [2.45, 2.75) is 51.6 Å². The number of hydrogen-bond donors (Lipinski definition) is 1. The first-order chi connectivity index (χ1) is 7.61. The number of ketones is 1. The first-order valence-electron chi connectivity index (χ1n) is 6.52. The van der Waals surface area contributed by atoms with Crippen LogP contribution in [-0.4, -0.2) is 17.0 Å². The van der Waals surface area contributed by atoms with E-state index in [2.05, 4.69) is 6.92 Å². The van der Waals surface area contributed by atoms with Gasteiger partial charge in [-0.2, -0.15) is 0 Å². The molecule has 3 aliphatic carbocycles. The van der Waals surface area contributed by atoms with Crippen LogP contribution < -0.4 is 0 Å². The lowest BCUT2D eigenvalue weighted by molar-refractivity contribution is -0.115. The van der Waals surface area contributed by atoms with Gasteiger partial charge in [0.25, 0.3) is 0 Å². The van der Waals surface area contributed by atoms with Gasteiger partial charge in [0, 0.05) is 6.42 Å². The molecule has 0 saturated heterocycles. The molecule has 2 heteroatoms. The predicted molar refractivity (Wildman–Crippen MR) is 61.9 cm³/mol. The van der Waals surface area contributed by atoms with Gasteiger partial charge in [-0.05, 0) is 55.4 Å². The van der Waals surface area contributed by atoms with Gasteiger partial charge in [0.15, 0.2) is 5.78 Å². The van der Waals surface area contributed by atoms with Gasteiger partial charge in [0.1, 0.15) is 0 Å². The molecule has 0 spiro atoms. The van der Waals surface area contributed by atoms with Gasteiger partial charge in [0.05, 0.1) is 6.10 Å². The van der Waals surface area contributed by atoms with E-state index in [0.29, 0.717) is 17.6 Å². The van der Waals surface area contributed by atoms with Gasteiger partial charge >= 0.3 is 0 Å². The van der Waals surface area contributed by atoms with Crippen LogP contribution in [0.1, 0.15) is 45.4 Å². The van der Waals surface area contributed by atoms with Crippen LogP contribution >= 0.6 is 0 Å². The number of rotatable bonds is 0. The highest BCUT2D eigenvalue weighted by atomic mass is 16.3. The Morgan fingerprint density at radius 2 is 2.12 bits per heavy atom. The van der Waals surface area contributed by atoms with E-state index in [1.54, 1.807) is 0 Å². The summed E-state index contributed by atoms with van der Waals surface area (Å²) in [4.78, 5) is 11.4. The fourth-order valence-corrected chi connectivity index (χ4v) is 4.26. The molecule has 0 aliphatic heterocycles. The maximum atomic E-state index is 11.4. The van der Waals surface area contributed by atoms with E-state index in [1.807, 2.05) is 6.08 Å². The molecular weight excluding hydrogens is 200 g/mol. The molecule has 0 bridgehead atoms. The first kappa shape index (κ1) is 10.5. The SMILES string of the molecule is C[C@@]12CCC3=CC(=O)CC[C@@H]3[C@@H]1CC[C@@H]2O. The van der Waals surface area contributed by atoms with Crippen molar-refractivity contribution in [2.24, 2.45) is 17.3 Å². The van der Waals surface area contributed by atoms with Crippen LogP contribution in [0.4, 0.5) is 0 Å². The second-order valence-electron chi connectivity index (χ2n) is 6.04. The van der Waals surface area contributed by atoms with Gasteiger partial charge in [-0.25, -0.2) is 0 Å². The molecule has 4 atom stereocenters. The van der Waals surface area contributed by atoms with E-state index >= 15 is 0 Å². The van der Waals surface area contributed by atoms with Crippen LogP contribution in [0.5, 0.6) is 0 Å². The average Bonchev–Trinajstić information content (AvgIpc) is 2.56. The van der Waals surface area contributed by atoms with E-state index < -0.39 is 0 Å². The molecule has 16 heavy (non-hydrogen) atoms. The number of allylic oxidation sites excluding steroid dienone is 2. The molecule has 2 fully saturated rings. The van der Waals surface area contributed by atoms with Crippen LogP contribution in [0.15, 0.2) is 11.6 Å². The Morgan fingerprint density at radius 3 is 2.94 bits per heavy atom. The number of aliphatic hydroxyl groups is 1. The zero-order valence-corrected chi connectivity index (χ0v) is 9.91. The minimum absolute atomic E-state index is 0.114. The van der Waals surface area contributed by atoms with Crippen molar-refractivity contribution in [1.82, 2.24) is 0 Å². The summed E-state index contributed by atoms with van der Waals surface area (Å²) in [7, 11) is 0. The first-order valence-corrected chi connectivity index (χ1v) is 6.52. The van der Waals surface area contributed by atoms with Crippen molar-refractivity contribution >= 4 is 5.78 Å². The lowest BCUT2D eigenvalue weighted by Gasteiger charge is -2.46. The van der Waals surface area contributed by atoms with E-state index in [4.69, 9.17) is 0 Å². The maximum Gasteiger partial charge on any atom is 0.155 e. The molecule has 1 N–H and O–H groups in total. The predicted octanol–water partition coefficient (Wildman–Crippen LogP) is 2.46. The Morgan fingerprint density at radius 1 is 1.31 bits per heavy atom. The molecule has 3 rings (SSSR count).